The minimum Gasteiger partial charge on any atom is -0.369 e. The first-order valence-electron chi connectivity index (χ1n) is 6.70. The van der Waals surface area contributed by atoms with Crippen molar-refractivity contribution in [3.05, 3.63) is 0 Å². The van der Waals surface area contributed by atoms with E-state index < -0.39 is 35.2 Å². The van der Waals surface area contributed by atoms with Crippen molar-refractivity contribution in [3.8, 4) is 0 Å². The molecule has 0 spiro atoms. The summed E-state index contributed by atoms with van der Waals surface area (Å²) in [5.74, 6) is -3.89. The quantitative estimate of drug-likeness (QED) is 0.832. The largest absolute Gasteiger partial charge is 0.392 e. The van der Waals surface area contributed by atoms with Gasteiger partial charge in [0.1, 0.15) is 0 Å². The maximum absolute atomic E-state index is 12.9. The van der Waals surface area contributed by atoms with Crippen LogP contribution in [0.25, 0.3) is 0 Å². The molecule has 0 heterocycles. The lowest BCUT2D eigenvalue weighted by molar-refractivity contribution is -0.198. The van der Waals surface area contributed by atoms with E-state index in [9.17, 15) is 22.8 Å². The lowest BCUT2D eigenvalue weighted by atomic mass is 9.78. The molecule has 4 nitrogen and oxygen atoms in total. The van der Waals surface area contributed by atoms with Gasteiger partial charge in [-0.05, 0) is 26.7 Å². The van der Waals surface area contributed by atoms with Gasteiger partial charge in [0.05, 0.1) is 11.3 Å². The van der Waals surface area contributed by atoms with Crippen LogP contribution in [0.3, 0.4) is 0 Å². The summed E-state index contributed by atoms with van der Waals surface area (Å²) in [6, 6.07) is 0. The Balaban J connectivity index is 2.67. The Labute approximate surface area is 116 Å². The summed E-state index contributed by atoms with van der Waals surface area (Å²) >= 11 is 0. The Morgan fingerprint density at radius 2 is 1.75 bits per heavy atom. The molecule has 1 fully saturated rings. The van der Waals surface area contributed by atoms with Crippen molar-refractivity contribution < 1.29 is 22.8 Å². The van der Waals surface area contributed by atoms with Crippen molar-refractivity contribution in [3.63, 3.8) is 0 Å². The van der Waals surface area contributed by atoms with E-state index in [0.29, 0.717) is 12.8 Å². The van der Waals surface area contributed by atoms with Crippen LogP contribution in [0, 0.1) is 17.3 Å². The van der Waals surface area contributed by atoms with Crippen LogP contribution in [0.1, 0.15) is 39.5 Å². The zero-order valence-electron chi connectivity index (χ0n) is 11.7. The molecule has 2 atom stereocenters. The normalized spacial score (nSPS) is 24.2. The molecule has 3 N–H and O–H groups in total. The van der Waals surface area contributed by atoms with Gasteiger partial charge in [0.2, 0.25) is 11.8 Å². The topological polar surface area (TPSA) is 72.2 Å². The van der Waals surface area contributed by atoms with Gasteiger partial charge in [-0.3, -0.25) is 9.59 Å². The highest BCUT2D eigenvalue weighted by Gasteiger charge is 2.48. The van der Waals surface area contributed by atoms with Gasteiger partial charge in [0.15, 0.2) is 0 Å². The van der Waals surface area contributed by atoms with Gasteiger partial charge in [0.25, 0.3) is 0 Å². The summed E-state index contributed by atoms with van der Waals surface area (Å²) < 4.78 is 38.7. The summed E-state index contributed by atoms with van der Waals surface area (Å²) in [6.45, 7) is 3.03. The van der Waals surface area contributed by atoms with E-state index in [4.69, 9.17) is 5.73 Å². The lowest BCUT2D eigenvalue weighted by Gasteiger charge is -2.32. The number of carbonyl (C=O) groups is 2. The van der Waals surface area contributed by atoms with E-state index in [1.54, 1.807) is 0 Å². The highest BCUT2D eigenvalue weighted by atomic mass is 19.4. The molecule has 0 aromatic heterocycles. The molecule has 1 aliphatic rings. The number of nitrogens with one attached hydrogen (secondary N) is 1. The Morgan fingerprint density at radius 1 is 1.20 bits per heavy atom. The second kappa shape index (κ2) is 6.01. The predicted molar refractivity (Wildman–Crippen MR) is 67.5 cm³/mol. The molecule has 0 bridgehead atoms. The molecule has 20 heavy (non-hydrogen) atoms. The monoisotopic (exact) mass is 294 g/mol. The fraction of sp³-hybridized carbons (Fsp3) is 0.846. The van der Waals surface area contributed by atoms with Crippen LogP contribution in [0.15, 0.2) is 0 Å². The molecule has 0 aliphatic heterocycles. The van der Waals surface area contributed by atoms with Gasteiger partial charge in [-0.2, -0.15) is 13.2 Å². The molecule has 1 aliphatic carbocycles. The van der Waals surface area contributed by atoms with Crippen molar-refractivity contribution >= 4 is 11.8 Å². The van der Waals surface area contributed by atoms with E-state index in [2.05, 4.69) is 5.32 Å². The first kappa shape index (κ1) is 16.8. The highest BCUT2D eigenvalue weighted by Crippen LogP contribution is 2.41. The van der Waals surface area contributed by atoms with E-state index in [-0.39, 0.29) is 19.4 Å². The SMILES string of the molecule is CC(C)(CNC(=O)[C@H]1CCCC[C@@H]1C(F)(F)F)C(N)=O. The molecule has 116 valence electrons. The first-order chi connectivity index (χ1) is 9.05. The zero-order chi connectivity index (χ0) is 15.6. The van der Waals surface area contributed by atoms with Gasteiger partial charge in [-0.1, -0.05) is 12.8 Å². The molecular formula is C13H21F3N2O2. The smallest absolute Gasteiger partial charge is 0.369 e. The minimum atomic E-state index is -4.36. The second-order valence-electron chi connectivity index (χ2n) is 6.00. The van der Waals surface area contributed by atoms with Crippen molar-refractivity contribution in [2.45, 2.75) is 45.7 Å². The Bertz CT molecular complexity index is 380. The average molecular weight is 294 g/mol. The van der Waals surface area contributed by atoms with Crippen molar-refractivity contribution in [2.24, 2.45) is 23.0 Å². The van der Waals surface area contributed by atoms with Gasteiger partial charge in [-0.15, -0.1) is 0 Å². The van der Waals surface area contributed by atoms with Crippen LogP contribution < -0.4 is 11.1 Å². The molecule has 2 amide bonds. The Morgan fingerprint density at radius 3 is 2.25 bits per heavy atom. The van der Waals surface area contributed by atoms with Crippen LogP contribution in [0.5, 0.6) is 0 Å². The third kappa shape index (κ3) is 4.11. The maximum Gasteiger partial charge on any atom is 0.392 e. The molecule has 0 saturated heterocycles. The lowest BCUT2D eigenvalue weighted by Crippen LogP contribution is -2.47. The average Bonchev–Trinajstić information content (AvgIpc) is 2.35. The van der Waals surface area contributed by atoms with Crippen LogP contribution in [0.2, 0.25) is 0 Å². The third-order valence-electron chi connectivity index (χ3n) is 3.89. The number of hydrogen-bond donors (Lipinski definition) is 2. The molecule has 0 aromatic rings. The number of hydrogen-bond acceptors (Lipinski definition) is 2. The number of rotatable bonds is 4. The fourth-order valence-corrected chi connectivity index (χ4v) is 2.36. The summed E-state index contributed by atoms with van der Waals surface area (Å²) in [5, 5.41) is 2.44. The fourth-order valence-electron chi connectivity index (χ4n) is 2.36. The van der Waals surface area contributed by atoms with Gasteiger partial charge in [0, 0.05) is 12.5 Å². The first-order valence-corrected chi connectivity index (χ1v) is 6.70. The molecular weight excluding hydrogens is 273 g/mol. The Kier molecular flexibility index (Phi) is 5.05. The van der Waals surface area contributed by atoms with E-state index in [1.165, 1.54) is 13.8 Å². The zero-order valence-corrected chi connectivity index (χ0v) is 11.7. The summed E-state index contributed by atoms with van der Waals surface area (Å²) in [4.78, 5) is 23.1. The molecule has 0 unspecified atom stereocenters. The van der Waals surface area contributed by atoms with E-state index >= 15 is 0 Å². The van der Waals surface area contributed by atoms with Crippen LogP contribution in [-0.2, 0) is 9.59 Å². The predicted octanol–water partition coefficient (Wildman–Crippen LogP) is 1.98. The Hall–Kier alpha value is -1.27. The molecule has 0 radical (unpaired) electrons. The number of primary amides is 1. The minimum absolute atomic E-state index is 0.0131. The van der Waals surface area contributed by atoms with Crippen LogP contribution in [0.4, 0.5) is 13.2 Å². The van der Waals surface area contributed by atoms with E-state index in [1.807, 2.05) is 0 Å². The molecule has 1 rings (SSSR count). The summed E-state index contributed by atoms with van der Waals surface area (Å²) in [6.07, 6.45) is -3.04. The second-order valence-corrected chi connectivity index (χ2v) is 6.00. The number of halogens is 3. The van der Waals surface area contributed by atoms with Crippen molar-refractivity contribution in [2.75, 3.05) is 6.54 Å². The molecule has 1 saturated carbocycles. The molecule has 0 aromatic carbocycles. The summed E-state index contributed by atoms with van der Waals surface area (Å²) in [7, 11) is 0. The van der Waals surface area contributed by atoms with Gasteiger partial charge in [-0.25, -0.2) is 0 Å². The number of alkyl halides is 3. The highest BCUT2D eigenvalue weighted by molar-refractivity contribution is 5.83. The van der Waals surface area contributed by atoms with E-state index in [0.717, 1.165) is 0 Å². The number of amides is 2. The number of nitrogens with two attached hydrogens (primary N) is 1. The molecule has 7 heteroatoms. The van der Waals surface area contributed by atoms with Crippen LogP contribution in [-0.4, -0.2) is 24.5 Å². The van der Waals surface area contributed by atoms with Crippen LogP contribution >= 0.6 is 0 Å². The number of carbonyl (C=O) groups excluding carboxylic acids is 2. The standard InChI is InChI=1S/C13H21F3N2O2/c1-12(2,11(17)20)7-18-10(19)8-5-3-4-6-9(8)13(14,15)16/h8-9H,3-7H2,1-2H3,(H2,17,20)(H,18,19)/t8-,9-/m0/s1. The van der Waals surface area contributed by atoms with Crippen molar-refractivity contribution in [1.82, 2.24) is 5.32 Å². The maximum atomic E-state index is 12.9. The third-order valence-corrected chi connectivity index (χ3v) is 3.89. The van der Waals surface area contributed by atoms with Crippen molar-refractivity contribution in [1.29, 1.82) is 0 Å². The van der Waals surface area contributed by atoms with Gasteiger partial charge < -0.3 is 11.1 Å². The summed E-state index contributed by atoms with van der Waals surface area (Å²) in [5.41, 5.74) is 4.19. The van der Waals surface area contributed by atoms with Gasteiger partial charge >= 0.3 is 6.18 Å².